The van der Waals surface area contributed by atoms with Crippen LogP contribution in [0.1, 0.15) is 26.2 Å². The van der Waals surface area contributed by atoms with Crippen molar-refractivity contribution in [3.63, 3.8) is 0 Å². The minimum Gasteiger partial charge on any atom is -0.480 e. The fourth-order valence-corrected chi connectivity index (χ4v) is 1.92. The quantitative estimate of drug-likeness (QED) is 0.557. The lowest BCUT2D eigenvalue weighted by molar-refractivity contribution is -0.153. The second-order valence-electron chi connectivity index (χ2n) is 4.12. The average Bonchev–Trinajstić information content (AvgIpc) is 2.77. The first kappa shape index (κ1) is 13.7. The largest absolute Gasteiger partial charge is 0.480 e. The third-order valence-corrected chi connectivity index (χ3v) is 2.86. The van der Waals surface area contributed by atoms with Crippen LogP contribution in [0.4, 0.5) is 0 Å². The summed E-state index contributed by atoms with van der Waals surface area (Å²) < 4.78 is 5.33. The molecule has 5 nitrogen and oxygen atoms in total. The Balaban J connectivity index is 2.50. The zero-order valence-corrected chi connectivity index (χ0v) is 10.1. The van der Waals surface area contributed by atoms with Crippen LogP contribution in [0.25, 0.3) is 0 Å². The van der Waals surface area contributed by atoms with Crippen molar-refractivity contribution in [3.05, 3.63) is 12.7 Å². The van der Waals surface area contributed by atoms with Crippen LogP contribution < -0.4 is 0 Å². The van der Waals surface area contributed by atoms with Gasteiger partial charge in [-0.1, -0.05) is 6.08 Å². The maximum absolute atomic E-state index is 12.0. The zero-order valence-electron chi connectivity index (χ0n) is 10.1. The first-order valence-electron chi connectivity index (χ1n) is 5.83. The third kappa shape index (κ3) is 3.56. The molecule has 0 aliphatic carbocycles. The molecule has 2 atom stereocenters. The lowest BCUT2D eigenvalue weighted by Crippen LogP contribution is -2.45. The number of aliphatic carboxylic acids is 1. The van der Waals surface area contributed by atoms with E-state index in [2.05, 4.69) is 6.58 Å². The van der Waals surface area contributed by atoms with E-state index in [0.29, 0.717) is 26.0 Å². The predicted molar refractivity (Wildman–Crippen MR) is 62.6 cm³/mol. The number of nitrogens with zero attached hydrogens (tertiary/aromatic N) is 1. The molecule has 1 fully saturated rings. The van der Waals surface area contributed by atoms with Crippen molar-refractivity contribution in [2.45, 2.75) is 38.3 Å². The molecule has 0 saturated carbocycles. The molecule has 1 heterocycles. The minimum atomic E-state index is -0.936. The van der Waals surface area contributed by atoms with Crippen molar-refractivity contribution >= 4 is 11.9 Å². The topological polar surface area (TPSA) is 66.8 Å². The highest BCUT2D eigenvalue weighted by molar-refractivity contribution is 5.86. The van der Waals surface area contributed by atoms with Gasteiger partial charge in [0.15, 0.2) is 0 Å². The minimum absolute atomic E-state index is 0.237. The number of carbonyl (C=O) groups is 2. The van der Waals surface area contributed by atoms with E-state index in [0.717, 1.165) is 6.42 Å². The Hall–Kier alpha value is -1.36. The fraction of sp³-hybridized carbons (Fsp3) is 0.667. The van der Waals surface area contributed by atoms with E-state index in [4.69, 9.17) is 9.84 Å². The fourth-order valence-electron chi connectivity index (χ4n) is 1.92. The van der Waals surface area contributed by atoms with Crippen LogP contribution in [-0.4, -0.2) is 47.2 Å². The Morgan fingerprint density at radius 1 is 1.65 bits per heavy atom. The number of ether oxygens (including phenoxy) is 1. The molecule has 17 heavy (non-hydrogen) atoms. The monoisotopic (exact) mass is 241 g/mol. The van der Waals surface area contributed by atoms with Crippen LogP contribution in [-0.2, 0) is 14.3 Å². The predicted octanol–water partition coefficient (Wildman–Crippen LogP) is 1.04. The highest BCUT2D eigenvalue weighted by Gasteiger charge is 2.35. The maximum Gasteiger partial charge on any atom is 0.326 e. The molecule has 0 aromatic carbocycles. The van der Waals surface area contributed by atoms with Crippen LogP contribution in [0.3, 0.4) is 0 Å². The summed E-state index contributed by atoms with van der Waals surface area (Å²) in [5, 5.41) is 8.98. The van der Waals surface area contributed by atoms with Gasteiger partial charge in [-0.25, -0.2) is 4.79 Å². The Labute approximate surface area is 101 Å². The zero-order chi connectivity index (χ0) is 12.8. The molecule has 96 valence electrons. The summed E-state index contributed by atoms with van der Waals surface area (Å²) in [7, 11) is 0. The van der Waals surface area contributed by atoms with Crippen molar-refractivity contribution in [2.75, 3.05) is 13.2 Å². The van der Waals surface area contributed by atoms with Crippen LogP contribution in [0.15, 0.2) is 12.7 Å². The number of hydrogen-bond acceptors (Lipinski definition) is 3. The summed E-state index contributed by atoms with van der Waals surface area (Å²) in [6, 6.07) is -0.687. The van der Waals surface area contributed by atoms with E-state index in [9.17, 15) is 9.59 Å². The summed E-state index contributed by atoms with van der Waals surface area (Å²) in [5.41, 5.74) is 0. The van der Waals surface area contributed by atoms with Gasteiger partial charge in [-0.3, -0.25) is 4.79 Å². The van der Waals surface area contributed by atoms with Gasteiger partial charge in [0.05, 0.1) is 6.61 Å². The van der Waals surface area contributed by atoms with E-state index >= 15 is 0 Å². The Kier molecular flexibility index (Phi) is 5.15. The Bertz CT molecular complexity index is 303. The van der Waals surface area contributed by atoms with Crippen LogP contribution in [0, 0.1) is 0 Å². The average molecular weight is 241 g/mol. The molecule has 0 aromatic heterocycles. The van der Waals surface area contributed by atoms with Gasteiger partial charge < -0.3 is 14.7 Å². The van der Waals surface area contributed by atoms with Gasteiger partial charge in [0.2, 0.25) is 0 Å². The molecule has 1 saturated heterocycles. The van der Waals surface area contributed by atoms with Crippen LogP contribution in [0.2, 0.25) is 0 Å². The SMILES string of the molecule is C=CCCOC(C)C(=O)N1CCC[C@@H]1C(=O)O. The first-order chi connectivity index (χ1) is 8.07. The maximum atomic E-state index is 12.0. The number of carboxylic acid groups (broad SMARTS) is 1. The molecule has 1 aliphatic heterocycles. The summed E-state index contributed by atoms with van der Waals surface area (Å²) in [4.78, 5) is 24.3. The Morgan fingerprint density at radius 3 is 2.94 bits per heavy atom. The van der Waals surface area contributed by atoms with Gasteiger partial charge in [-0.2, -0.15) is 0 Å². The van der Waals surface area contributed by atoms with Gasteiger partial charge in [0.25, 0.3) is 5.91 Å². The number of hydrogen-bond donors (Lipinski definition) is 1. The molecule has 0 radical (unpaired) electrons. The number of amides is 1. The van der Waals surface area contributed by atoms with E-state index in [1.165, 1.54) is 4.90 Å². The highest BCUT2D eigenvalue weighted by atomic mass is 16.5. The van der Waals surface area contributed by atoms with Gasteiger partial charge in [0.1, 0.15) is 12.1 Å². The summed E-state index contributed by atoms with van der Waals surface area (Å²) in [6.07, 6.45) is 3.07. The molecule has 1 amide bonds. The van der Waals surface area contributed by atoms with Gasteiger partial charge in [-0.15, -0.1) is 6.58 Å². The molecule has 1 unspecified atom stereocenters. The normalized spacial score (nSPS) is 21.2. The lowest BCUT2D eigenvalue weighted by Gasteiger charge is -2.24. The molecule has 0 aromatic rings. The molecule has 0 bridgehead atoms. The number of rotatable bonds is 6. The standard InChI is InChI=1S/C12H19NO4/c1-3-4-8-17-9(2)11(14)13-7-5-6-10(13)12(15)16/h3,9-10H,1,4-8H2,2H3,(H,15,16)/t9?,10-/m1/s1. The number of carbonyl (C=O) groups excluding carboxylic acids is 1. The van der Waals surface area contributed by atoms with Crippen LogP contribution >= 0.6 is 0 Å². The molecule has 1 aliphatic rings. The molecule has 5 heteroatoms. The first-order valence-corrected chi connectivity index (χ1v) is 5.83. The Morgan fingerprint density at radius 2 is 2.35 bits per heavy atom. The van der Waals surface area contributed by atoms with Crippen molar-refractivity contribution in [2.24, 2.45) is 0 Å². The van der Waals surface area contributed by atoms with E-state index in [-0.39, 0.29) is 5.91 Å². The lowest BCUT2D eigenvalue weighted by atomic mass is 10.2. The van der Waals surface area contributed by atoms with E-state index in [1.54, 1.807) is 13.0 Å². The third-order valence-electron chi connectivity index (χ3n) is 2.86. The second kappa shape index (κ2) is 6.39. The van der Waals surface area contributed by atoms with Crippen molar-refractivity contribution in [1.29, 1.82) is 0 Å². The van der Waals surface area contributed by atoms with Crippen LogP contribution in [0.5, 0.6) is 0 Å². The number of carboxylic acids is 1. The van der Waals surface area contributed by atoms with Gasteiger partial charge >= 0.3 is 5.97 Å². The second-order valence-corrected chi connectivity index (χ2v) is 4.12. The van der Waals surface area contributed by atoms with Gasteiger partial charge in [-0.05, 0) is 26.2 Å². The molecule has 1 N–H and O–H groups in total. The summed E-state index contributed by atoms with van der Waals surface area (Å²) in [5.74, 6) is -1.17. The van der Waals surface area contributed by atoms with Crippen molar-refractivity contribution in [3.8, 4) is 0 Å². The number of likely N-dealkylation sites (tertiary alicyclic amines) is 1. The molecular formula is C12H19NO4. The smallest absolute Gasteiger partial charge is 0.326 e. The molecular weight excluding hydrogens is 222 g/mol. The highest BCUT2D eigenvalue weighted by Crippen LogP contribution is 2.19. The molecule has 1 rings (SSSR count). The summed E-state index contributed by atoms with van der Waals surface area (Å²) >= 11 is 0. The van der Waals surface area contributed by atoms with E-state index < -0.39 is 18.1 Å². The van der Waals surface area contributed by atoms with Gasteiger partial charge in [0, 0.05) is 6.54 Å². The van der Waals surface area contributed by atoms with Crippen molar-refractivity contribution < 1.29 is 19.4 Å². The summed E-state index contributed by atoms with van der Waals surface area (Å²) in [6.45, 7) is 6.15. The van der Waals surface area contributed by atoms with Crippen molar-refractivity contribution in [1.82, 2.24) is 4.90 Å². The van der Waals surface area contributed by atoms with E-state index in [1.807, 2.05) is 0 Å². The molecule has 0 spiro atoms.